The van der Waals surface area contributed by atoms with E-state index in [-0.39, 0.29) is 17.4 Å². The Hall–Kier alpha value is -2.11. The zero-order chi connectivity index (χ0) is 13.8. The minimum atomic E-state index is -1.02. The molecule has 1 rings (SSSR count). The quantitative estimate of drug-likeness (QED) is 0.620. The van der Waals surface area contributed by atoms with Crippen LogP contribution in [0.2, 0.25) is 0 Å². The Bertz CT molecular complexity index is 440. The van der Waals surface area contributed by atoms with Crippen molar-refractivity contribution in [3.05, 3.63) is 34.4 Å². The van der Waals surface area contributed by atoms with Crippen LogP contribution in [0.3, 0.4) is 0 Å². The maximum Gasteiger partial charge on any atom is 0.233 e. The van der Waals surface area contributed by atoms with Crippen molar-refractivity contribution in [3.8, 4) is 0 Å². The predicted octanol–water partition coefficient (Wildman–Crippen LogP) is 2.11. The van der Waals surface area contributed by atoms with Crippen molar-refractivity contribution >= 4 is 17.3 Å². The third kappa shape index (κ3) is 4.04. The van der Waals surface area contributed by atoms with Gasteiger partial charge in [-0.25, -0.2) is 0 Å². The predicted molar refractivity (Wildman–Crippen MR) is 70.3 cm³/mol. The summed E-state index contributed by atoms with van der Waals surface area (Å²) in [6.07, 6.45) is 0. The summed E-state index contributed by atoms with van der Waals surface area (Å²) in [6.45, 7) is 4.79. The lowest BCUT2D eigenvalue weighted by Crippen LogP contribution is -2.38. The van der Waals surface area contributed by atoms with E-state index in [9.17, 15) is 14.9 Å². The number of nitro groups is 1. The highest BCUT2D eigenvalue weighted by atomic mass is 16.6. The van der Waals surface area contributed by atoms with Gasteiger partial charge in [0.15, 0.2) is 0 Å². The van der Waals surface area contributed by atoms with Gasteiger partial charge in [0.1, 0.15) is 0 Å². The average molecular weight is 251 g/mol. The number of rotatable bonds is 5. The molecule has 0 aromatic heterocycles. The highest BCUT2D eigenvalue weighted by Gasteiger charge is 2.30. The molecule has 0 spiro atoms. The van der Waals surface area contributed by atoms with Crippen LogP contribution >= 0.6 is 0 Å². The van der Waals surface area contributed by atoms with Gasteiger partial charge in [-0.1, -0.05) is 0 Å². The highest BCUT2D eigenvalue weighted by molar-refractivity contribution is 5.88. The zero-order valence-corrected chi connectivity index (χ0v) is 10.7. The first-order valence-corrected chi connectivity index (χ1v) is 5.57. The molecule has 0 unspecified atom stereocenters. The van der Waals surface area contributed by atoms with Crippen LogP contribution in [0.15, 0.2) is 24.3 Å². The fourth-order valence-corrected chi connectivity index (χ4v) is 1.26. The zero-order valence-electron chi connectivity index (χ0n) is 10.7. The van der Waals surface area contributed by atoms with Crippen molar-refractivity contribution in [2.45, 2.75) is 26.3 Å². The molecule has 0 bridgehead atoms. The van der Waals surface area contributed by atoms with Crippen LogP contribution in [0.1, 0.15) is 20.8 Å². The number of nitrogens with one attached hydrogen (secondary N) is 2. The van der Waals surface area contributed by atoms with Gasteiger partial charge in [0, 0.05) is 37.1 Å². The minimum absolute atomic E-state index is 0.134. The van der Waals surface area contributed by atoms with Gasteiger partial charge >= 0.3 is 0 Å². The molecular weight excluding hydrogens is 234 g/mol. The minimum Gasteiger partial charge on any atom is -0.378 e. The number of nitrogens with zero attached hydrogens (tertiary/aromatic N) is 1. The van der Waals surface area contributed by atoms with Crippen LogP contribution in [0, 0.1) is 10.1 Å². The molecule has 0 aliphatic heterocycles. The summed E-state index contributed by atoms with van der Waals surface area (Å²) >= 11 is 0. The first-order chi connectivity index (χ1) is 8.31. The second-order valence-corrected chi connectivity index (χ2v) is 4.68. The van der Waals surface area contributed by atoms with Crippen LogP contribution in [-0.2, 0) is 4.79 Å². The smallest absolute Gasteiger partial charge is 0.233 e. The molecule has 2 N–H and O–H groups in total. The Labute approximate surface area is 106 Å². The first kappa shape index (κ1) is 14.0. The van der Waals surface area contributed by atoms with Crippen molar-refractivity contribution in [2.24, 2.45) is 0 Å². The second kappa shape index (κ2) is 5.48. The number of anilines is 2. The van der Waals surface area contributed by atoms with Gasteiger partial charge in [-0.2, -0.15) is 0 Å². The summed E-state index contributed by atoms with van der Waals surface area (Å²) in [4.78, 5) is 21.3. The molecule has 98 valence electrons. The number of amides is 1. The lowest BCUT2D eigenvalue weighted by atomic mass is 10.1. The van der Waals surface area contributed by atoms with Gasteiger partial charge in [0.25, 0.3) is 0 Å². The third-order valence-corrected chi connectivity index (χ3v) is 2.42. The summed E-state index contributed by atoms with van der Waals surface area (Å²) in [6, 6.07) is 7.01. The largest absolute Gasteiger partial charge is 0.378 e. The van der Waals surface area contributed by atoms with Crippen LogP contribution in [0.4, 0.5) is 11.4 Å². The van der Waals surface area contributed by atoms with Crippen molar-refractivity contribution in [3.63, 3.8) is 0 Å². The van der Waals surface area contributed by atoms with E-state index in [1.165, 1.54) is 6.92 Å². The number of carbonyl (C=O) groups is 1. The van der Waals surface area contributed by atoms with Crippen molar-refractivity contribution in [1.29, 1.82) is 0 Å². The SMILES string of the molecule is CC(=O)Nc1ccc(NCC(C)(C)[N+](=O)[O-])cc1. The number of hydrogen-bond acceptors (Lipinski definition) is 4. The number of benzene rings is 1. The highest BCUT2D eigenvalue weighted by Crippen LogP contribution is 2.15. The Morgan fingerprint density at radius 1 is 1.28 bits per heavy atom. The Kier molecular flexibility index (Phi) is 4.25. The fourth-order valence-electron chi connectivity index (χ4n) is 1.26. The summed E-state index contributed by atoms with van der Waals surface area (Å²) in [5, 5.41) is 16.4. The normalized spacial score (nSPS) is 10.8. The second-order valence-electron chi connectivity index (χ2n) is 4.68. The van der Waals surface area contributed by atoms with E-state index in [4.69, 9.17) is 0 Å². The van der Waals surface area contributed by atoms with E-state index >= 15 is 0 Å². The molecule has 18 heavy (non-hydrogen) atoms. The molecule has 0 fully saturated rings. The standard InChI is InChI=1S/C12H17N3O3/c1-9(16)14-11-6-4-10(5-7-11)13-8-12(2,3)15(17)18/h4-7,13H,8H2,1-3H3,(H,14,16). The van der Waals surface area contributed by atoms with E-state index in [1.807, 2.05) is 0 Å². The number of hydrogen-bond donors (Lipinski definition) is 2. The molecule has 6 nitrogen and oxygen atoms in total. The molecule has 1 amide bonds. The van der Waals surface area contributed by atoms with E-state index in [0.29, 0.717) is 5.69 Å². The van der Waals surface area contributed by atoms with E-state index in [1.54, 1.807) is 38.1 Å². The molecule has 0 aliphatic rings. The fraction of sp³-hybridized carbons (Fsp3) is 0.417. The molecule has 0 radical (unpaired) electrons. The molecule has 1 aromatic rings. The van der Waals surface area contributed by atoms with Crippen LogP contribution < -0.4 is 10.6 Å². The molecule has 6 heteroatoms. The monoisotopic (exact) mass is 251 g/mol. The van der Waals surface area contributed by atoms with Crippen LogP contribution in [0.25, 0.3) is 0 Å². The lowest BCUT2D eigenvalue weighted by Gasteiger charge is -2.17. The summed E-state index contributed by atoms with van der Waals surface area (Å²) < 4.78 is 0. The summed E-state index contributed by atoms with van der Waals surface area (Å²) in [7, 11) is 0. The maximum absolute atomic E-state index is 10.8. The van der Waals surface area contributed by atoms with Crippen molar-refractivity contribution < 1.29 is 9.72 Å². The molecule has 1 aromatic carbocycles. The molecular formula is C12H17N3O3. The third-order valence-electron chi connectivity index (χ3n) is 2.42. The Morgan fingerprint density at radius 3 is 2.22 bits per heavy atom. The van der Waals surface area contributed by atoms with E-state index < -0.39 is 5.54 Å². The lowest BCUT2D eigenvalue weighted by molar-refractivity contribution is -0.556. The molecule has 0 atom stereocenters. The molecule has 0 heterocycles. The van der Waals surface area contributed by atoms with Gasteiger partial charge < -0.3 is 10.6 Å². The van der Waals surface area contributed by atoms with Crippen molar-refractivity contribution in [1.82, 2.24) is 0 Å². The number of carbonyl (C=O) groups excluding carboxylic acids is 1. The maximum atomic E-state index is 10.8. The van der Waals surface area contributed by atoms with Gasteiger partial charge in [0.2, 0.25) is 11.4 Å². The van der Waals surface area contributed by atoms with Gasteiger partial charge in [0.05, 0.1) is 6.54 Å². The van der Waals surface area contributed by atoms with E-state index in [0.717, 1.165) is 5.69 Å². The topological polar surface area (TPSA) is 84.3 Å². The first-order valence-electron chi connectivity index (χ1n) is 5.57. The molecule has 0 saturated carbocycles. The van der Waals surface area contributed by atoms with Gasteiger partial charge in [-0.3, -0.25) is 14.9 Å². The van der Waals surface area contributed by atoms with Gasteiger partial charge in [-0.05, 0) is 24.3 Å². The van der Waals surface area contributed by atoms with Crippen LogP contribution in [-0.4, -0.2) is 22.9 Å². The molecule has 0 aliphatic carbocycles. The van der Waals surface area contributed by atoms with Crippen LogP contribution in [0.5, 0.6) is 0 Å². The van der Waals surface area contributed by atoms with E-state index in [2.05, 4.69) is 10.6 Å². The summed E-state index contributed by atoms with van der Waals surface area (Å²) in [5.74, 6) is -0.134. The molecule has 0 saturated heterocycles. The summed E-state index contributed by atoms with van der Waals surface area (Å²) in [5.41, 5.74) is 0.455. The average Bonchev–Trinajstić information content (AvgIpc) is 2.27. The van der Waals surface area contributed by atoms with Crippen molar-refractivity contribution in [2.75, 3.05) is 17.2 Å². The van der Waals surface area contributed by atoms with Gasteiger partial charge in [-0.15, -0.1) is 0 Å². The Morgan fingerprint density at radius 2 is 1.78 bits per heavy atom. The Balaban J connectivity index is 2.59.